The summed E-state index contributed by atoms with van der Waals surface area (Å²) in [5.74, 6) is 0. The molecule has 2 N–H and O–H groups in total. The smallest absolute Gasteiger partial charge is 0.145 e. The van der Waals surface area contributed by atoms with Crippen LogP contribution in [0.3, 0.4) is 0 Å². The largest absolute Gasteiger partial charge is 0.307 e. The van der Waals surface area contributed by atoms with E-state index < -0.39 is 7.29 Å². The van der Waals surface area contributed by atoms with Gasteiger partial charge < -0.3 is 4.57 Å². The lowest BCUT2D eigenvalue weighted by atomic mass is 10.1. The molecule has 0 aromatic rings. The minimum Gasteiger partial charge on any atom is -0.307 e. The number of hydrogen-bond acceptors (Lipinski definition) is 1. The summed E-state index contributed by atoms with van der Waals surface area (Å²) in [6.07, 6.45) is 16.5. The minimum atomic E-state index is -2.30. The van der Waals surface area contributed by atoms with Gasteiger partial charge in [-0.05, 0) is 12.8 Å². The van der Waals surface area contributed by atoms with Gasteiger partial charge in [-0.2, -0.15) is 0 Å². The molecule has 0 rings (SSSR count). The van der Waals surface area contributed by atoms with E-state index in [1.54, 1.807) is 0 Å². The molecule has 0 heterocycles. The Bertz CT molecular complexity index is 211. The van der Waals surface area contributed by atoms with Crippen LogP contribution in [0.1, 0.15) is 90.9 Å². The summed E-state index contributed by atoms with van der Waals surface area (Å²) < 4.78 is 12.2. The first kappa shape index (κ1) is 19.2. The third-order valence-corrected chi connectivity index (χ3v) is 5.93. The van der Waals surface area contributed by atoms with Gasteiger partial charge in [0.15, 0.2) is 0 Å². The molecule has 3 heteroatoms. The van der Waals surface area contributed by atoms with E-state index in [1.807, 2.05) is 0 Å². The van der Waals surface area contributed by atoms with Crippen molar-refractivity contribution in [2.45, 2.75) is 90.9 Å². The van der Waals surface area contributed by atoms with E-state index in [9.17, 15) is 4.57 Å². The van der Waals surface area contributed by atoms with Crippen LogP contribution in [0.2, 0.25) is 0 Å². The Hall–Kier alpha value is 0.190. The Morgan fingerprint density at radius 3 is 1.32 bits per heavy atom. The highest BCUT2D eigenvalue weighted by atomic mass is 31.2. The molecule has 0 unspecified atom stereocenters. The molecule has 19 heavy (non-hydrogen) atoms. The maximum absolute atomic E-state index is 12.2. The zero-order valence-electron chi connectivity index (χ0n) is 13.3. The van der Waals surface area contributed by atoms with Gasteiger partial charge in [-0.3, -0.25) is 5.50 Å². The maximum atomic E-state index is 12.2. The predicted octanol–water partition coefficient (Wildman–Crippen LogP) is 5.94. The molecule has 0 spiro atoms. The molecule has 0 bridgehead atoms. The van der Waals surface area contributed by atoms with Gasteiger partial charge in [0.05, 0.1) is 0 Å². The fourth-order valence-corrected chi connectivity index (χ4v) is 4.17. The van der Waals surface area contributed by atoms with Crippen LogP contribution in [-0.4, -0.2) is 12.3 Å². The van der Waals surface area contributed by atoms with Crippen molar-refractivity contribution in [3.05, 3.63) is 0 Å². The summed E-state index contributed by atoms with van der Waals surface area (Å²) in [6.45, 7) is 4.46. The van der Waals surface area contributed by atoms with Crippen LogP contribution in [-0.2, 0) is 4.57 Å². The molecular weight excluding hydrogens is 253 g/mol. The fourth-order valence-electron chi connectivity index (χ4n) is 2.43. The van der Waals surface area contributed by atoms with Crippen LogP contribution in [0.15, 0.2) is 0 Å². The second-order valence-electron chi connectivity index (χ2n) is 5.94. The Morgan fingerprint density at radius 1 is 0.632 bits per heavy atom. The molecular formula is C16H36NOP. The Labute approximate surface area is 121 Å². The average molecular weight is 289 g/mol. The first-order valence-corrected chi connectivity index (χ1v) is 10.6. The van der Waals surface area contributed by atoms with Crippen LogP contribution in [0, 0.1) is 0 Å². The van der Waals surface area contributed by atoms with E-state index in [1.165, 1.54) is 64.2 Å². The molecule has 0 aromatic carbocycles. The van der Waals surface area contributed by atoms with Crippen molar-refractivity contribution in [3.8, 4) is 0 Å². The molecule has 0 amide bonds. The topological polar surface area (TPSA) is 43.1 Å². The van der Waals surface area contributed by atoms with E-state index in [0.29, 0.717) is 0 Å². The van der Waals surface area contributed by atoms with Crippen LogP contribution in [0.4, 0.5) is 0 Å². The summed E-state index contributed by atoms with van der Waals surface area (Å²) in [6, 6.07) is 0. The molecule has 0 aliphatic heterocycles. The number of nitrogens with two attached hydrogens (primary N) is 1. The van der Waals surface area contributed by atoms with Gasteiger partial charge in [-0.15, -0.1) is 0 Å². The Morgan fingerprint density at radius 2 is 0.947 bits per heavy atom. The van der Waals surface area contributed by atoms with Crippen LogP contribution in [0.5, 0.6) is 0 Å². The standard InChI is InChI=1S/C16H36NOP/c1-3-5-7-9-11-13-15-19(17,18)16-14-12-10-8-6-4-2/h3-16H2,1-2H3,(H2,17,18). The zero-order valence-corrected chi connectivity index (χ0v) is 14.2. The Balaban J connectivity index is 3.39. The van der Waals surface area contributed by atoms with Gasteiger partial charge in [-0.1, -0.05) is 78.1 Å². The lowest BCUT2D eigenvalue weighted by molar-refractivity contribution is 0.562. The van der Waals surface area contributed by atoms with E-state index in [-0.39, 0.29) is 0 Å². The quantitative estimate of drug-likeness (QED) is 0.317. The second-order valence-corrected chi connectivity index (χ2v) is 8.73. The van der Waals surface area contributed by atoms with Crippen molar-refractivity contribution in [2.24, 2.45) is 5.50 Å². The zero-order chi connectivity index (χ0) is 14.4. The third kappa shape index (κ3) is 14.4. The average Bonchev–Trinajstić information content (AvgIpc) is 2.38. The molecule has 0 aliphatic carbocycles. The molecule has 116 valence electrons. The third-order valence-electron chi connectivity index (χ3n) is 3.78. The van der Waals surface area contributed by atoms with Gasteiger partial charge in [0, 0.05) is 12.3 Å². The monoisotopic (exact) mass is 289 g/mol. The lowest BCUT2D eigenvalue weighted by Gasteiger charge is -2.12. The number of unbranched alkanes of at least 4 members (excludes halogenated alkanes) is 10. The van der Waals surface area contributed by atoms with E-state index >= 15 is 0 Å². The molecule has 0 radical (unpaired) electrons. The molecule has 0 aromatic heterocycles. The van der Waals surface area contributed by atoms with Crippen molar-refractivity contribution >= 4 is 7.29 Å². The van der Waals surface area contributed by atoms with E-state index in [0.717, 1.165) is 25.2 Å². The van der Waals surface area contributed by atoms with E-state index in [2.05, 4.69) is 13.8 Å². The number of hydrogen-bond donors (Lipinski definition) is 1. The minimum absolute atomic E-state index is 0.772. The molecule has 0 aliphatic rings. The summed E-state index contributed by atoms with van der Waals surface area (Å²) >= 11 is 0. The molecule has 0 saturated heterocycles. The van der Waals surface area contributed by atoms with Crippen LogP contribution < -0.4 is 5.50 Å². The summed E-state index contributed by atoms with van der Waals surface area (Å²) in [5, 5.41) is 0. The summed E-state index contributed by atoms with van der Waals surface area (Å²) in [7, 11) is -2.30. The van der Waals surface area contributed by atoms with Crippen LogP contribution in [0.25, 0.3) is 0 Å². The fraction of sp³-hybridized carbons (Fsp3) is 1.00. The van der Waals surface area contributed by atoms with Crippen molar-refractivity contribution in [2.75, 3.05) is 12.3 Å². The van der Waals surface area contributed by atoms with Gasteiger partial charge in [0.25, 0.3) is 0 Å². The highest BCUT2D eigenvalue weighted by Crippen LogP contribution is 2.38. The first-order chi connectivity index (χ1) is 9.12. The van der Waals surface area contributed by atoms with E-state index in [4.69, 9.17) is 5.50 Å². The first-order valence-electron chi connectivity index (χ1n) is 8.49. The molecule has 0 fully saturated rings. The second kappa shape index (κ2) is 13.2. The number of rotatable bonds is 14. The maximum Gasteiger partial charge on any atom is 0.145 e. The summed E-state index contributed by atoms with van der Waals surface area (Å²) in [4.78, 5) is 0. The predicted molar refractivity (Wildman–Crippen MR) is 88.3 cm³/mol. The summed E-state index contributed by atoms with van der Waals surface area (Å²) in [5.41, 5.74) is 5.95. The molecule has 0 atom stereocenters. The normalized spacial score (nSPS) is 11.9. The van der Waals surface area contributed by atoms with Gasteiger partial charge >= 0.3 is 0 Å². The Kier molecular flexibility index (Phi) is 13.3. The van der Waals surface area contributed by atoms with Crippen molar-refractivity contribution in [1.82, 2.24) is 0 Å². The highest BCUT2D eigenvalue weighted by Gasteiger charge is 2.14. The van der Waals surface area contributed by atoms with Gasteiger partial charge in [0.1, 0.15) is 7.29 Å². The van der Waals surface area contributed by atoms with Crippen molar-refractivity contribution in [3.63, 3.8) is 0 Å². The molecule has 0 saturated carbocycles. The highest BCUT2D eigenvalue weighted by molar-refractivity contribution is 7.61. The van der Waals surface area contributed by atoms with Gasteiger partial charge in [-0.25, -0.2) is 0 Å². The molecule has 2 nitrogen and oxygen atoms in total. The van der Waals surface area contributed by atoms with Crippen molar-refractivity contribution in [1.29, 1.82) is 0 Å². The van der Waals surface area contributed by atoms with Crippen LogP contribution >= 0.6 is 7.29 Å². The SMILES string of the molecule is CCCCCCCCP(N)(=O)CCCCCCCC. The lowest BCUT2D eigenvalue weighted by Crippen LogP contribution is -2.04. The van der Waals surface area contributed by atoms with Crippen molar-refractivity contribution < 1.29 is 4.57 Å². The van der Waals surface area contributed by atoms with Gasteiger partial charge in [0.2, 0.25) is 0 Å².